The Kier molecular flexibility index (Phi) is 7.07. The maximum atomic E-state index is 14.5. The fourth-order valence-electron chi connectivity index (χ4n) is 5.62. The smallest absolute Gasteiger partial charge is 0.157 e. The number of H-pyrrole nitrogens is 1. The number of aromatic nitrogens is 3. The van der Waals surface area contributed by atoms with Crippen LogP contribution in [0.15, 0.2) is 66.0 Å². The van der Waals surface area contributed by atoms with Crippen molar-refractivity contribution in [3.63, 3.8) is 0 Å². The molecule has 42 heavy (non-hydrogen) atoms. The predicted octanol–water partition coefficient (Wildman–Crippen LogP) is 7.03. The summed E-state index contributed by atoms with van der Waals surface area (Å²) in [6, 6.07) is 19.4. The lowest BCUT2D eigenvalue weighted by atomic mass is 9.94. The van der Waals surface area contributed by atoms with Crippen molar-refractivity contribution in [2.24, 2.45) is 0 Å². The van der Waals surface area contributed by atoms with E-state index in [1.165, 1.54) is 23.3 Å². The van der Waals surface area contributed by atoms with Crippen molar-refractivity contribution < 1.29 is 13.9 Å². The molecule has 0 fully saturated rings. The first-order valence-electron chi connectivity index (χ1n) is 14.0. The summed E-state index contributed by atoms with van der Waals surface area (Å²) in [4.78, 5) is 13.8. The lowest BCUT2D eigenvalue weighted by Crippen LogP contribution is -2.23. The van der Waals surface area contributed by atoms with E-state index in [1.54, 1.807) is 24.5 Å². The molecule has 0 bridgehead atoms. The third kappa shape index (κ3) is 4.79. The monoisotopic (exact) mass is 579 g/mol. The molecule has 1 aliphatic rings. The number of anilines is 1. The van der Waals surface area contributed by atoms with Gasteiger partial charge < -0.3 is 25.1 Å². The van der Waals surface area contributed by atoms with Crippen LogP contribution in [0.1, 0.15) is 11.1 Å². The highest BCUT2D eigenvalue weighted by atomic mass is 32.1. The van der Waals surface area contributed by atoms with Crippen molar-refractivity contribution in [2.45, 2.75) is 13.0 Å². The van der Waals surface area contributed by atoms with E-state index >= 15 is 0 Å². The van der Waals surface area contributed by atoms with Gasteiger partial charge in [0.15, 0.2) is 5.82 Å². The van der Waals surface area contributed by atoms with Gasteiger partial charge in [0.25, 0.3) is 0 Å². The van der Waals surface area contributed by atoms with Crippen molar-refractivity contribution in [1.82, 2.24) is 20.3 Å². The molecule has 0 aliphatic carbocycles. The van der Waals surface area contributed by atoms with Gasteiger partial charge in [0, 0.05) is 59.2 Å². The minimum absolute atomic E-state index is 0.294. The normalized spacial score (nSPS) is 13.0. The molecule has 3 aromatic carbocycles. The minimum atomic E-state index is -0.369. The number of hydrogen-bond acceptors (Lipinski definition) is 7. The van der Waals surface area contributed by atoms with E-state index in [9.17, 15) is 4.39 Å². The van der Waals surface area contributed by atoms with Crippen molar-refractivity contribution in [3.8, 4) is 39.7 Å². The van der Waals surface area contributed by atoms with E-state index in [4.69, 9.17) is 19.4 Å². The second-order valence-electron chi connectivity index (χ2n) is 10.3. The van der Waals surface area contributed by atoms with Crippen LogP contribution in [-0.4, -0.2) is 48.9 Å². The molecule has 3 N–H and O–H groups in total. The van der Waals surface area contributed by atoms with Crippen LogP contribution in [-0.2, 0) is 17.7 Å². The van der Waals surface area contributed by atoms with Crippen LogP contribution in [0, 0.1) is 5.82 Å². The van der Waals surface area contributed by atoms with E-state index < -0.39 is 0 Å². The van der Waals surface area contributed by atoms with Gasteiger partial charge in [-0.05, 0) is 71.9 Å². The molecule has 7 rings (SSSR count). The fourth-order valence-corrected chi connectivity index (χ4v) is 6.58. The molecule has 212 valence electrons. The van der Waals surface area contributed by atoms with E-state index in [-0.39, 0.29) is 5.82 Å². The second-order valence-corrected chi connectivity index (χ2v) is 11.2. The molecule has 0 amide bonds. The lowest BCUT2D eigenvalue weighted by Gasteiger charge is -2.19. The number of thiophene rings is 1. The summed E-state index contributed by atoms with van der Waals surface area (Å²) in [5.41, 5.74) is 9.63. The Morgan fingerprint density at radius 3 is 2.79 bits per heavy atom. The largest absolute Gasteiger partial charge is 0.490 e. The zero-order valence-corrected chi connectivity index (χ0v) is 24.2. The number of methoxy groups -OCH3 is 1. The summed E-state index contributed by atoms with van der Waals surface area (Å²) in [5, 5.41) is 9.76. The van der Waals surface area contributed by atoms with E-state index in [2.05, 4.69) is 45.3 Å². The summed E-state index contributed by atoms with van der Waals surface area (Å²) in [5.74, 6) is 0.707. The molecular weight excluding hydrogens is 549 g/mol. The van der Waals surface area contributed by atoms with E-state index in [0.29, 0.717) is 30.5 Å². The van der Waals surface area contributed by atoms with Gasteiger partial charge in [0.2, 0.25) is 0 Å². The molecule has 0 unspecified atom stereocenters. The van der Waals surface area contributed by atoms with E-state index in [0.717, 1.165) is 68.7 Å². The van der Waals surface area contributed by atoms with Gasteiger partial charge in [0.05, 0.1) is 23.3 Å². The number of fused-ring (bicyclic) bond motifs is 3. The van der Waals surface area contributed by atoms with Gasteiger partial charge in [-0.25, -0.2) is 14.4 Å². The highest BCUT2D eigenvalue weighted by Gasteiger charge is 2.24. The highest BCUT2D eigenvalue weighted by Crippen LogP contribution is 2.46. The molecule has 7 nitrogen and oxygen atoms in total. The Morgan fingerprint density at radius 2 is 1.90 bits per heavy atom. The predicted molar refractivity (Wildman–Crippen MR) is 168 cm³/mol. The Balaban J connectivity index is 1.50. The first-order valence-corrected chi connectivity index (χ1v) is 14.8. The van der Waals surface area contributed by atoms with Crippen molar-refractivity contribution in [3.05, 3.63) is 83.0 Å². The number of nitrogens with zero attached hydrogens (tertiary/aromatic N) is 2. The number of benzene rings is 3. The topological polar surface area (TPSA) is 84.1 Å². The molecule has 6 aromatic rings. The summed E-state index contributed by atoms with van der Waals surface area (Å²) in [7, 11) is 3.51. The number of pyridine rings is 1. The Bertz CT molecular complexity index is 1930. The average Bonchev–Trinajstić information content (AvgIpc) is 3.68. The zero-order valence-electron chi connectivity index (χ0n) is 23.4. The van der Waals surface area contributed by atoms with E-state index in [1.807, 2.05) is 25.2 Å². The Hall–Kier alpha value is -4.31. The summed E-state index contributed by atoms with van der Waals surface area (Å²) in [6.07, 6.45) is 0.982. The number of rotatable bonds is 8. The number of imidazole rings is 1. The van der Waals surface area contributed by atoms with Crippen LogP contribution in [0.5, 0.6) is 5.75 Å². The first-order chi connectivity index (χ1) is 20.6. The number of halogens is 1. The van der Waals surface area contributed by atoms with Crippen LogP contribution in [0.4, 0.5) is 10.1 Å². The van der Waals surface area contributed by atoms with Gasteiger partial charge in [-0.1, -0.05) is 12.1 Å². The van der Waals surface area contributed by atoms with Gasteiger partial charge in [-0.15, -0.1) is 11.3 Å². The summed E-state index contributed by atoms with van der Waals surface area (Å²) >= 11 is 1.63. The van der Waals surface area contributed by atoms with Crippen molar-refractivity contribution in [1.29, 1.82) is 0 Å². The number of aromatic amines is 1. The van der Waals surface area contributed by atoms with Crippen LogP contribution >= 0.6 is 11.3 Å². The molecule has 0 spiro atoms. The third-order valence-corrected chi connectivity index (χ3v) is 8.66. The van der Waals surface area contributed by atoms with Crippen LogP contribution in [0.3, 0.4) is 0 Å². The fraction of sp³-hybridized carbons (Fsp3) is 0.212. The van der Waals surface area contributed by atoms with Gasteiger partial charge in [0.1, 0.15) is 23.9 Å². The van der Waals surface area contributed by atoms with Crippen LogP contribution in [0.25, 0.3) is 55.0 Å². The Labute approximate surface area is 246 Å². The lowest BCUT2D eigenvalue weighted by molar-refractivity contribution is 0.146. The maximum absolute atomic E-state index is 14.5. The SMILES string of the molecule is CNc1ccc2nc(-c3nc(-c4ccc5c(c4)CCNC5)c4ccsc4c3-c3ccc(F)cc3OCCOC)[nH]c2c1. The van der Waals surface area contributed by atoms with Gasteiger partial charge in [-0.3, -0.25) is 0 Å². The van der Waals surface area contributed by atoms with Gasteiger partial charge in [-0.2, -0.15) is 0 Å². The maximum Gasteiger partial charge on any atom is 0.157 e. The number of hydrogen-bond donors (Lipinski definition) is 3. The third-order valence-electron chi connectivity index (χ3n) is 7.73. The number of nitrogens with one attached hydrogen (secondary N) is 3. The molecule has 3 aromatic heterocycles. The molecule has 0 radical (unpaired) electrons. The summed E-state index contributed by atoms with van der Waals surface area (Å²) < 4.78 is 26.8. The summed E-state index contributed by atoms with van der Waals surface area (Å²) in [6.45, 7) is 2.53. The minimum Gasteiger partial charge on any atom is -0.490 e. The van der Waals surface area contributed by atoms with Crippen molar-refractivity contribution in [2.75, 3.05) is 39.2 Å². The van der Waals surface area contributed by atoms with Gasteiger partial charge >= 0.3 is 0 Å². The first kappa shape index (κ1) is 26.6. The molecule has 1 aliphatic heterocycles. The molecule has 0 atom stereocenters. The molecular formula is C33H30FN5O2S. The number of ether oxygens (including phenoxy) is 2. The van der Waals surface area contributed by atoms with Crippen LogP contribution < -0.4 is 15.4 Å². The van der Waals surface area contributed by atoms with Crippen molar-refractivity contribution >= 4 is 38.1 Å². The standard InChI is InChI=1S/C33H30FN5O2S/c1-35-23-6-8-26-27(17-23)38-33(37-26)31-29(24-7-5-22(34)16-28(24)41-13-12-40-2)32-25(10-14-42-32)30(39-31)20-3-4-21-18-36-11-9-19(21)15-20/h3-8,10,14-17,35-36H,9,11-13,18H2,1-2H3,(H,37,38). The quantitative estimate of drug-likeness (QED) is 0.168. The second kappa shape index (κ2) is 11.2. The van der Waals surface area contributed by atoms with Crippen LogP contribution in [0.2, 0.25) is 0 Å². The molecule has 0 saturated heterocycles. The highest BCUT2D eigenvalue weighted by molar-refractivity contribution is 7.18. The molecule has 9 heteroatoms. The Morgan fingerprint density at radius 1 is 0.976 bits per heavy atom. The average molecular weight is 580 g/mol. The molecule has 0 saturated carbocycles. The zero-order chi connectivity index (χ0) is 28.6. The molecule has 4 heterocycles.